The fraction of sp³-hybridized carbons (Fsp3) is 0.200. The standard InChI is InChI=1S/C25H21ClN2O4S2/c26-18-8-6-17(7-9-18)14-24(29)27-25-28(22-15-34(30,31)16-23(22)33-25)19-10-12-21(13-11-19)32-20-4-2-1-3-5-20/h1-13,22-23H,14-16H2/t22-,23+/m0/s1. The highest BCUT2D eigenvalue weighted by Gasteiger charge is 2.49. The van der Waals surface area contributed by atoms with Gasteiger partial charge in [0.05, 0.1) is 24.0 Å². The summed E-state index contributed by atoms with van der Waals surface area (Å²) < 4.78 is 30.5. The number of anilines is 1. The van der Waals surface area contributed by atoms with E-state index in [1.807, 2.05) is 59.5 Å². The van der Waals surface area contributed by atoms with Gasteiger partial charge in [0.2, 0.25) is 0 Å². The Kier molecular flexibility index (Phi) is 6.38. The summed E-state index contributed by atoms with van der Waals surface area (Å²) in [5.41, 5.74) is 1.59. The van der Waals surface area contributed by atoms with Crippen molar-refractivity contribution >= 4 is 50.0 Å². The van der Waals surface area contributed by atoms with E-state index in [9.17, 15) is 13.2 Å². The average Bonchev–Trinajstić information content (AvgIpc) is 3.27. The van der Waals surface area contributed by atoms with Gasteiger partial charge in [0.15, 0.2) is 15.0 Å². The third kappa shape index (κ3) is 5.14. The molecule has 2 fully saturated rings. The van der Waals surface area contributed by atoms with Crippen molar-refractivity contribution in [2.24, 2.45) is 4.99 Å². The van der Waals surface area contributed by atoms with Gasteiger partial charge in [-0.1, -0.05) is 53.7 Å². The van der Waals surface area contributed by atoms with Crippen molar-refractivity contribution in [2.75, 3.05) is 16.4 Å². The van der Waals surface area contributed by atoms with Crippen LogP contribution in [0.15, 0.2) is 83.9 Å². The van der Waals surface area contributed by atoms with Crippen LogP contribution in [0.1, 0.15) is 5.56 Å². The SMILES string of the molecule is O=C(Cc1ccc(Cl)cc1)N=C1S[C@@H]2CS(=O)(=O)C[C@@H]2N1c1ccc(Oc2ccccc2)cc1. The van der Waals surface area contributed by atoms with E-state index in [0.717, 1.165) is 17.0 Å². The second-order valence-electron chi connectivity index (χ2n) is 8.17. The molecular formula is C25H21ClN2O4S2. The number of rotatable bonds is 5. The van der Waals surface area contributed by atoms with Gasteiger partial charge in [0.25, 0.3) is 5.91 Å². The van der Waals surface area contributed by atoms with Crippen molar-refractivity contribution in [2.45, 2.75) is 17.7 Å². The Morgan fingerprint density at radius 2 is 1.65 bits per heavy atom. The van der Waals surface area contributed by atoms with E-state index in [-0.39, 0.29) is 35.1 Å². The minimum absolute atomic E-state index is 0.0390. The predicted octanol–water partition coefficient (Wildman–Crippen LogP) is 4.98. The first-order valence-corrected chi connectivity index (χ1v) is 13.8. The Hall–Kier alpha value is -2.81. The van der Waals surface area contributed by atoms with Crippen LogP contribution in [-0.2, 0) is 21.1 Å². The number of amides is 1. The number of nitrogens with zero attached hydrogens (tertiary/aromatic N) is 2. The van der Waals surface area contributed by atoms with Gasteiger partial charge in [-0.05, 0) is 54.1 Å². The van der Waals surface area contributed by atoms with Gasteiger partial charge < -0.3 is 9.64 Å². The maximum absolute atomic E-state index is 12.7. The summed E-state index contributed by atoms with van der Waals surface area (Å²) in [6.45, 7) is 0. The van der Waals surface area contributed by atoms with E-state index in [0.29, 0.717) is 15.9 Å². The molecule has 9 heteroatoms. The van der Waals surface area contributed by atoms with Crippen molar-refractivity contribution in [3.8, 4) is 11.5 Å². The molecule has 0 radical (unpaired) electrons. The first-order chi connectivity index (χ1) is 16.4. The molecule has 3 aromatic rings. The Morgan fingerprint density at radius 1 is 0.971 bits per heavy atom. The molecule has 0 unspecified atom stereocenters. The van der Waals surface area contributed by atoms with Gasteiger partial charge in [0.1, 0.15) is 11.5 Å². The molecule has 5 rings (SSSR count). The number of benzene rings is 3. The van der Waals surface area contributed by atoms with Gasteiger partial charge in [-0.2, -0.15) is 4.99 Å². The molecule has 0 saturated carbocycles. The zero-order valence-electron chi connectivity index (χ0n) is 18.0. The van der Waals surface area contributed by atoms with Crippen molar-refractivity contribution < 1.29 is 17.9 Å². The third-order valence-corrected chi connectivity index (χ3v) is 9.11. The lowest BCUT2D eigenvalue weighted by Crippen LogP contribution is -2.37. The molecule has 34 heavy (non-hydrogen) atoms. The van der Waals surface area contributed by atoms with Gasteiger partial charge in [-0.25, -0.2) is 8.42 Å². The monoisotopic (exact) mass is 512 g/mol. The fourth-order valence-electron chi connectivity index (χ4n) is 4.09. The molecule has 2 aliphatic heterocycles. The lowest BCUT2D eigenvalue weighted by atomic mass is 10.1. The number of sulfone groups is 1. The number of amidine groups is 1. The van der Waals surface area contributed by atoms with E-state index in [2.05, 4.69) is 4.99 Å². The minimum atomic E-state index is -3.14. The molecule has 2 heterocycles. The average molecular weight is 513 g/mol. The Labute approximate surface area is 207 Å². The Bertz CT molecular complexity index is 1330. The van der Waals surface area contributed by atoms with Gasteiger partial charge >= 0.3 is 0 Å². The van der Waals surface area contributed by atoms with Crippen LogP contribution < -0.4 is 9.64 Å². The molecule has 2 atom stereocenters. The van der Waals surface area contributed by atoms with Crippen LogP contribution >= 0.6 is 23.4 Å². The third-order valence-electron chi connectivity index (χ3n) is 5.65. The normalized spacial score (nSPS) is 22.0. The fourth-order valence-corrected chi connectivity index (χ4v) is 8.15. The Balaban J connectivity index is 1.40. The quantitative estimate of drug-likeness (QED) is 0.480. The summed E-state index contributed by atoms with van der Waals surface area (Å²) in [6.07, 6.45) is 0.145. The summed E-state index contributed by atoms with van der Waals surface area (Å²) in [7, 11) is -3.14. The second-order valence-corrected chi connectivity index (χ2v) is 12.0. The molecule has 1 amide bonds. The molecule has 2 aliphatic rings. The van der Waals surface area contributed by atoms with Gasteiger partial charge in [-0.3, -0.25) is 4.79 Å². The zero-order chi connectivity index (χ0) is 23.7. The van der Waals surface area contributed by atoms with E-state index in [4.69, 9.17) is 16.3 Å². The largest absolute Gasteiger partial charge is 0.457 e. The maximum Gasteiger partial charge on any atom is 0.252 e. The van der Waals surface area contributed by atoms with Crippen LogP contribution in [0.2, 0.25) is 5.02 Å². The smallest absolute Gasteiger partial charge is 0.252 e. The van der Waals surface area contributed by atoms with E-state index >= 15 is 0 Å². The zero-order valence-corrected chi connectivity index (χ0v) is 20.4. The molecule has 0 aromatic heterocycles. The number of para-hydroxylation sites is 1. The molecular weight excluding hydrogens is 492 g/mol. The van der Waals surface area contributed by atoms with Crippen molar-refractivity contribution in [3.05, 3.63) is 89.4 Å². The number of fused-ring (bicyclic) bond motifs is 1. The van der Waals surface area contributed by atoms with Crippen LogP contribution in [0.4, 0.5) is 5.69 Å². The van der Waals surface area contributed by atoms with Crippen LogP contribution in [0.5, 0.6) is 11.5 Å². The number of thioether (sulfide) groups is 1. The highest BCUT2D eigenvalue weighted by Crippen LogP contribution is 2.41. The Morgan fingerprint density at radius 3 is 2.35 bits per heavy atom. The number of hydrogen-bond donors (Lipinski definition) is 0. The molecule has 6 nitrogen and oxygen atoms in total. The molecule has 3 aromatic carbocycles. The molecule has 0 aliphatic carbocycles. The van der Waals surface area contributed by atoms with Crippen LogP contribution in [0.25, 0.3) is 0 Å². The summed E-state index contributed by atoms with van der Waals surface area (Å²) in [5, 5.41) is 0.974. The predicted molar refractivity (Wildman–Crippen MR) is 137 cm³/mol. The summed E-state index contributed by atoms with van der Waals surface area (Å²) in [4.78, 5) is 19.0. The van der Waals surface area contributed by atoms with Crippen molar-refractivity contribution in [1.29, 1.82) is 0 Å². The van der Waals surface area contributed by atoms with Crippen LogP contribution in [0, 0.1) is 0 Å². The van der Waals surface area contributed by atoms with Gasteiger partial charge in [-0.15, -0.1) is 0 Å². The lowest BCUT2D eigenvalue weighted by molar-refractivity contribution is -0.117. The van der Waals surface area contributed by atoms with Crippen LogP contribution in [0.3, 0.4) is 0 Å². The molecule has 174 valence electrons. The summed E-state index contributed by atoms with van der Waals surface area (Å²) >= 11 is 7.28. The summed E-state index contributed by atoms with van der Waals surface area (Å²) in [6, 6.07) is 23.7. The van der Waals surface area contributed by atoms with Crippen molar-refractivity contribution in [3.63, 3.8) is 0 Å². The van der Waals surface area contributed by atoms with E-state index in [1.54, 1.807) is 24.3 Å². The molecule has 0 bridgehead atoms. The number of halogens is 1. The molecule has 0 N–H and O–H groups in total. The highest BCUT2D eigenvalue weighted by molar-refractivity contribution is 8.16. The first kappa shape index (κ1) is 23.0. The maximum atomic E-state index is 12.7. The number of ether oxygens (including phenoxy) is 1. The number of carbonyl (C=O) groups excluding carboxylic acids is 1. The number of carbonyl (C=O) groups is 1. The van der Waals surface area contributed by atoms with Gasteiger partial charge in [0, 0.05) is 16.0 Å². The minimum Gasteiger partial charge on any atom is -0.457 e. The second kappa shape index (κ2) is 9.44. The van der Waals surface area contributed by atoms with E-state index < -0.39 is 9.84 Å². The van der Waals surface area contributed by atoms with E-state index in [1.165, 1.54) is 11.8 Å². The molecule has 0 spiro atoms. The first-order valence-electron chi connectivity index (χ1n) is 10.7. The molecule has 2 saturated heterocycles. The number of aliphatic imine (C=N–C) groups is 1. The highest BCUT2D eigenvalue weighted by atomic mass is 35.5. The number of hydrogen-bond acceptors (Lipinski definition) is 5. The van der Waals surface area contributed by atoms with Crippen molar-refractivity contribution in [1.82, 2.24) is 0 Å². The van der Waals surface area contributed by atoms with Crippen LogP contribution in [-0.4, -0.2) is 42.3 Å². The summed E-state index contributed by atoms with van der Waals surface area (Å²) in [5.74, 6) is 1.22. The topological polar surface area (TPSA) is 76.0 Å². The lowest BCUT2D eigenvalue weighted by Gasteiger charge is -2.24.